The Labute approximate surface area is 196 Å². The van der Waals surface area contributed by atoms with E-state index < -0.39 is 0 Å². The van der Waals surface area contributed by atoms with Gasteiger partial charge in [-0.25, -0.2) is 9.67 Å². The number of carbonyl (C=O) groups excluding carboxylic acids is 1. The monoisotopic (exact) mass is 449 g/mol. The lowest BCUT2D eigenvalue weighted by Gasteiger charge is -2.18. The summed E-state index contributed by atoms with van der Waals surface area (Å²) in [7, 11) is 1.74. The number of para-hydroxylation sites is 3. The Morgan fingerprint density at radius 1 is 0.912 bits per heavy atom. The lowest BCUT2D eigenvalue weighted by atomic mass is 10.1. The first kappa shape index (κ1) is 21.3. The molecule has 0 N–H and O–H groups in total. The standard InChI is InChI=1S/C27H23N5O2/c1-30(26(34)19-31-24-15-9-8-14-23(24)28-16-25(31)33)17-21-18-32(22-12-6-3-7-13-22)29-27(21)20-10-4-2-5-11-20/h2-16,18H,17,19H2,1H3. The molecule has 0 aliphatic rings. The molecule has 0 bridgehead atoms. The minimum absolute atomic E-state index is 0.0636. The molecule has 7 heteroatoms. The van der Waals surface area contributed by atoms with E-state index in [-0.39, 0.29) is 18.0 Å². The van der Waals surface area contributed by atoms with E-state index in [0.29, 0.717) is 17.6 Å². The summed E-state index contributed by atoms with van der Waals surface area (Å²) in [5, 5.41) is 4.82. The van der Waals surface area contributed by atoms with Crippen molar-refractivity contribution in [1.82, 2.24) is 24.2 Å². The van der Waals surface area contributed by atoms with Crippen LogP contribution in [0.4, 0.5) is 0 Å². The predicted octanol–water partition coefficient (Wildman–Crippen LogP) is 3.91. The van der Waals surface area contributed by atoms with Crippen molar-refractivity contribution in [3.63, 3.8) is 0 Å². The summed E-state index contributed by atoms with van der Waals surface area (Å²) < 4.78 is 3.30. The summed E-state index contributed by atoms with van der Waals surface area (Å²) in [6.45, 7) is 0.291. The predicted molar refractivity (Wildman–Crippen MR) is 131 cm³/mol. The molecular formula is C27H23N5O2. The first-order valence-corrected chi connectivity index (χ1v) is 11.0. The fraction of sp³-hybridized carbons (Fsp3) is 0.111. The maximum absolute atomic E-state index is 13.2. The van der Waals surface area contributed by atoms with Gasteiger partial charge >= 0.3 is 0 Å². The average Bonchev–Trinajstić information content (AvgIpc) is 3.30. The third kappa shape index (κ3) is 4.23. The first-order valence-electron chi connectivity index (χ1n) is 11.0. The van der Waals surface area contributed by atoms with Crippen LogP contribution in [0.5, 0.6) is 0 Å². The van der Waals surface area contributed by atoms with Crippen LogP contribution in [0.1, 0.15) is 5.56 Å². The quantitative estimate of drug-likeness (QED) is 0.394. The fourth-order valence-electron chi connectivity index (χ4n) is 3.95. The van der Waals surface area contributed by atoms with Crippen molar-refractivity contribution in [3.8, 4) is 16.9 Å². The minimum Gasteiger partial charge on any atom is -0.340 e. The van der Waals surface area contributed by atoms with Crippen LogP contribution in [-0.2, 0) is 17.9 Å². The number of likely N-dealkylation sites (N-methyl/N-ethyl adjacent to an activating group) is 1. The van der Waals surface area contributed by atoms with E-state index >= 15 is 0 Å². The molecule has 0 saturated heterocycles. The third-order valence-electron chi connectivity index (χ3n) is 5.74. The second-order valence-corrected chi connectivity index (χ2v) is 8.07. The Morgan fingerprint density at radius 2 is 1.59 bits per heavy atom. The Balaban J connectivity index is 1.45. The summed E-state index contributed by atoms with van der Waals surface area (Å²) >= 11 is 0. The number of hydrogen-bond donors (Lipinski definition) is 0. The van der Waals surface area contributed by atoms with Gasteiger partial charge in [0.1, 0.15) is 6.54 Å². The van der Waals surface area contributed by atoms with Gasteiger partial charge in [0.2, 0.25) is 5.91 Å². The maximum Gasteiger partial charge on any atom is 0.269 e. The highest BCUT2D eigenvalue weighted by molar-refractivity contribution is 5.80. The van der Waals surface area contributed by atoms with Crippen molar-refractivity contribution in [2.45, 2.75) is 13.1 Å². The Kier molecular flexibility index (Phi) is 5.74. The molecule has 0 aliphatic heterocycles. The number of carbonyl (C=O) groups is 1. The molecule has 0 aliphatic carbocycles. The second kappa shape index (κ2) is 9.15. The van der Waals surface area contributed by atoms with Crippen LogP contribution in [0.25, 0.3) is 28.0 Å². The minimum atomic E-state index is -0.303. The van der Waals surface area contributed by atoms with Gasteiger partial charge in [-0.2, -0.15) is 5.10 Å². The van der Waals surface area contributed by atoms with Gasteiger partial charge in [-0.15, -0.1) is 0 Å². The van der Waals surface area contributed by atoms with Crippen LogP contribution in [0.15, 0.2) is 102 Å². The number of hydrogen-bond acceptors (Lipinski definition) is 4. The van der Waals surface area contributed by atoms with Crippen molar-refractivity contribution < 1.29 is 4.79 Å². The highest BCUT2D eigenvalue weighted by atomic mass is 16.2. The molecule has 168 valence electrons. The number of benzene rings is 3. The Bertz CT molecular complexity index is 1510. The Hall–Kier alpha value is -4.52. The van der Waals surface area contributed by atoms with Crippen molar-refractivity contribution in [2.24, 2.45) is 0 Å². The fourth-order valence-corrected chi connectivity index (χ4v) is 3.95. The van der Waals surface area contributed by atoms with Gasteiger partial charge in [0.15, 0.2) is 0 Å². The van der Waals surface area contributed by atoms with E-state index in [0.717, 1.165) is 22.5 Å². The lowest BCUT2D eigenvalue weighted by Crippen LogP contribution is -2.33. The molecule has 1 amide bonds. The van der Waals surface area contributed by atoms with Crippen LogP contribution < -0.4 is 5.56 Å². The molecule has 34 heavy (non-hydrogen) atoms. The largest absolute Gasteiger partial charge is 0.340 e. The number of fused-ring (bicyclic) bond motifs is 1. The van der Waals surface area contributed by atoms with E-state index in [1.165, 1.54) is 10.8 Å². The van der Waals surface area contributed by atoms with Crippen LogP contribution in [0, 0.1) is 0 Å². The van der Waals surface area contributed by atoms with Crippen molar-refractivity contribution in [3.05, 3.63) is 113 Å². The first-order chi connectivity index (χ1) is 16.6. The van der Waals surface area contributed by atoms with Gasteiger partial charge in [-0.3, -0.25) is 14.2 Å². The van der Waals surface area contributed by atoms with Crippen molar-refractivity contribution in [1.29, 1.82) is 0 Å². The summed E-state index contributed by atoms with van der Waals surface area (Å²) in [6, 6.07) is 27.1. The zero-order valence-corrected chi connectivity index (χ0v) is 18.7. The van der Waals surface area contributed by atoms with E-state index in [1.54, 1.807) is 18.0 Å². The molecule has 7 nitrogen and oxygen atoms in total. The van der Waals surface area contributed by atoms with Gasteiger partial charge in [-0.1, -0.05) is 60.7 Å². The van der Waals surface area contributed by atoms with Gasteiger partial charge in [-0.05, 0) is 24.3 Å². The topological polar surface area (TPSA) is 73.0 Å². The van der Waals surface area contributed by atoms with Crippen LogP contribution in [-0.4, -0.2) is 37.2 Å². The van der Waals surface area contributed by atoms with E-state index in [2.05, 4.69) is 4.98 Å². The number of amides is 1. The third-order valence-corrected chi connectivity index (χ3v) is 5.74. The summed E-state index contributed by atoms with van der Waals surface area (Å²) in [4.78, 5) is 31.4. The zero-order valence-electron chi connectivity index (χ0n) is 18.7. The summed E-state index contributed by atoms with van der Waals surface area (Å²) in [5.41, 5.74) is 4.65. The molecular weight excluding hydrogens is 426 g/mol. The summed E-state index contributed by atoms with van der Waals surface area (Å²) in [6.07, 6.45) is 3.21. The van der Waals surface area contributed by atoms with Gasteiger partial charge in [0.05, 0.1) is 28.6 Å². The highest BCUT2D eigenvalue weighted by Gasteiger charge is 2.18. The molecule has 2 aromatic heterocycles. The van der Waals surface area contributed by atoms with E-state index in [9.17, 15) is 9.59 Å². The number of nitrogens with zero attached hydrogens (tertiary/aromatic N) is 5. The van der Waals surface area contributed by atoms with E-state index in [1.807, 2.05) is 89.7 Å². The second-order valence-electron chi connectivity index (χ2n) is 8.07. The lowest BCUT2D eigenvalue weighted by molar-refractivity contribution is -0.131. The van der Waals surface area contributed by atoms with Crippen LogP contribution in [0.2, 0.25) is 0 Å². The average molecular weight is 450 g/mol. The van der Waals surface area contributed by atoms with Gasteiger partial charge in [0, 0.05) is 30.9 Å². The molecule has 0 spiro atoms. The van der Waals surface area contributed by atoms with Crippen LogP contribution in [0.3, 0.4) is 0 Å². The molecule has 2 heterocycles. The summed E-state index contributed by atoms with van der Waals surface area (Å²) in [5.74, 6) is -0.176. The highest BCUT2D eigenvalue weighted by Crippen LogP contribution is 2.24. The number of rotatable bonds is 6. The number of aromatic nitrogens is 4. The molecule has 3 aromatic carbocycles. The molecule has 0 atom stereocenters. The van der Waals surface area contributed by atoms with Crippen molar-refractivity contribution in [2.75, 3.05) is 7.05 Å². The smallest absolute Gasteiger partial charge is 0.269 e. The van der Waals surface area contributed by atoms with Crippen LogP contribution >= 0.6 is 0 Å². The van der Waals surface area contributed by atoms with Gasteiger partial charge < -0.3 is 4.90 Å². The maximum atomic E-state index is 13.2. The Morgan fingerprint density at radius 3 is 2.35 bits per heavy atom. The molecule has 0 radical (unpaired) electrons. The van der Waals surface area contributed by atoms with Crippen molar-refractivity contribution >= 4 is 16.9 Å². The molecule has 5 aromatic rings. The van der Waals surface area contributed by atoms with E-state index in [4.69, 9.17) is 5.10 Å². The zero-order chi connectivity index (χ0) is 23.5. The SMILES string of the molecule is CN(Cc1cn(-c2ccccc2)nc1-c1ccccc1)C(=O)Cn1c(=O)cnc2ccccc21. The molecule has 0 fully saturated rings. The molecule has 5 rings (SSSR count). The molecule has 0 unspecified atom stereocenters. The normalized spacial score (nSPS) is 11.0. The molecule has 0 saturated carbocycles. The van der Waals surface area contributed by atoms with Gasteiger partial charge in [0.25, 0.3) is 5.56 Å².